The lowest BCUT2D eigenvalue weighted by Crippen LogP contribution is -2.04. The molecule has 3 nitrogen and oxygen atoms in total. The minimum Gasteiger partial charge on any atom is -0.506 e. The van der Waals surface area contributed by atoms with Gasteiger partial charge in [-0.2, -0.15) is 0 Å². The summed E-state index contributed by atoms with van der Waals surface area (Å²) in [5.41, 5.74) is 6.82. The molecule has 0 aliphatic heterocycles. The highest BCUT2D eigenvalue weighted by atomic mass is 127. The van der Waals surface area contributed by atoms with Crippen molar-refractivity contribution in [2.24, 2.45) is 5.73 Å². The molecule has 0 saturated heterocycles. The summed E-state index contributed by atoms with van der Waals surface area (Å²) in [6, 6.07) is 7.86. The van der Waals surface area contributed by atoms with Gasteiger partial charge in [0.15, 0.2) is 5.75 Å². The number of ether oxygens (including phenoxy) is 1. The summed E-state index contributed by atoms with van der Waals surface area (Å²) < 4.78 is 9.69. The molecule has 112 valence electrons. The van der Waals surface area contributed by atoms with Crippen LogP contribution in [0.25, 0.3) is 0 Å². The predicted octanol–water partition coefficient (Wildman–Crippen LogP) is 5.10. The molecule has 0 saturated carbocycles. The van der Waals surface area contributed by atoms with E-state index in [1.54, 1.807) is 0 Å². The zero-order valence-corrected chi connectivity index (χ0v) is 19.3. The number of halogens is 4. The van der Waals surface area contributed by atoms with E-state index in [0.717, 1.165) is 32.2 Å². The summed E-state index contributed by atoms with van der Waals surface area (Å²) in [4.78, 5) is 0. The van der Waals surface area contributed by atoms with E-state index in [0.29, 0.717) is 12.3 Å². The van der Waals surface area contributed by atoms with Crippen molar-refractivity contribution in [3.05, 3.63) is 44.1 Å². The molecule has 0 radical (unpaired) electrons. The first kappa shape index (κ1) is 18.3. The van der Waals surface area contributed by atoms with Crippen LogP contribution in [0.3, 0.4) is 0 Å². The third kappa shape index (κ3) is 4.70. The van der Waals surface area contributed by atoms with Gasteiger partial charge in [0, 0.05) is 0 Å². The van der Waals surface area contributed by atoms with E-state index in [4.69, 9.17) is 10.5 Å². The summed E-state index contributed by atoms with van der Waals surface area (Å²) in [6.45, 7) is 0.640. The summed E-state index contributed by atoms with van der Waals surface area (Å²) in [5.74, 6) is 1.87. The Morgan fingerprint density at radius 2 is 1.43 bits per heavy atom. The monoisotopic (exact) mass is 733 g/mol. The lowest BCUT2D eigenvalue weighted by molar-refractivity contribution is 0.455. The van der Waals surface area contributed by atoms with Crippen LogP contribution in [-0.4, -0.2) is 11.7 Å². The van der Waals surface area contributed by atoms with Crippen LogP contribution in [0.1, 0.15) is 5.56 Å². The molecule has 2 rings (SSSR count). The molecule has 0 spiro atoms. The maximum absolute atomic E-state index is 9.82. The summed E-state index contributed by atoms with van der Waals surface area (Å²) in [7, 11) is 0. The van der Waals surface area contributed by atoms with Gasteiger partial charge in [0.05, 0.1) is 14.3 Å². The van der Waals surface area contributed by atoms with E-state index in [2.05, 4.69) is 102 Å². The molecular weight excluding hydrogens is 722 g/mol. The fraction of sp³-hybridized carbons (Fsp3) is 0.143. The Kier molecular flexibility index (Phi) is 7.08. The molecule has 0 aromatic heterocycles. The van der Waals surface area contributed by atoms with Gasteiger partial charge in [0.1, 0.15) is 11.5 Å². The van der Waals surface area contributed by atoms with E-state index in [1.165, 1.54) is 5.56 Å². The maximum Gasteiger partial charge on any atom is 0.154 e. The van der Waals surface area contributed by atoms with E-state index < -0.39 is 0 Å². The van der Waals surface area contributed by atoms with Gasteiger partial charge >= 0.3 is 0 Å². The van der Waals surface area contributed by atoms with Crippen LogP contribution >= 0.6 is 90.4 Å². The quantitative estimate of drug-likeness (QED) is 0.431. The Hall–Kier alpha value is 0.920. The Morgan fingerprint density at radius 3 is 1.90 bits per heavy atom. The lowest BCUT2D eigenvalue weighted by atomic mass is 10.1. The number of aromatic hydroxyl groups is 1. The Labute approximate surface area is 178 Å². The highest BCUT2D eigenvalue weighted by Crippen LogP contribution is 2.36. The van der Waals surface area contributed by atoms with Gasteiger partial charge in [-0.25, -0.2) is 0 Å². The second kappa shape index (κ2) is 8.15. The Balaban J connectivity index is 2.36. The first-order valence-corrected chi connectivity index (χ1v) is 10.3. The zero-order valence-electron chi connectivity index (χ0n) is 10.7. The Morgan fingerprint density at radius 1 is 0.905 bits per heavy atom. The average Bonchev–Trinajstić information content (AvgIpc) is 2.40. The van der Waals surface area contributed by atoms with Gasteiger partial charge in [-0.15, -0.1) is 0 Å². The van der Waals surface area contributed by atoms with Crippen molar-refractivity contribution in [1.29, 1.82) is 0 Å². The van der Waals surface area contributed by atoms with Crippen molar-refractivity contribution in [3.63, 3.8) is 0 Å². The highest BCUT2D eigenvalue weighted by molar-refractivity contribution is 14.1. The van der Waals surface area contributed by atoms with Gasteiger partial charge in [0.25, 0.3) is 0 Å². The second-order valence-electron chi connectivity index (χ2n) is 4.26. The van der Waals surface area contributed by atoms with Crippen LogP contribution < -0.4 is 10.5 Å². The number of phenolic OH excluding ortho intramolecular Hbond substituents is 1. The van der Waals surface area contributed by atoms with Crippen LogP contribution in [0.2, 0.25) is 0 Å². The molecule has 0 aliphatic carbocycles. The standard InChI is InChI=1S/C14H11I4NO2/c15-9-5-8(6-10(16)13(9)20)21-14-11(17)3-7(1-2-19)4-12(14)18/h3-6,20H,1-2,19H2. The van der Waals surface area contributed by atoms with Crippen molar-refractivity contribution in [1.82, 2.24) is 0 Å². The molecule has 0 fully saturated rings. The molecule has 3 N–H and O–H groups in total. The topological polar surface area (TPSA) is 55.5 Å². The van der Waals surface area contributed by atoms with Crippen molar-refractivity contribution >= 4 is 90.4 Å². The van der Waals surface area contributed by atoms with Crippen LogP contribution in [0.15, 0.2) is 24.3 Å². The lowest BCUT2D eigenvalue weighted by Gasteiger charge is -2.13. The molecule has 0 atom stereocenters. The third-order valence-corrected chi connectivity index (χ3v) is 5.95. The van der Waals surface area contributed by atoms with E-state index in [1.807, 2.05) is 12.1 Å². The fourth-order valence-corrected chi connectivity index (χ4v) is 5.57. The minimum atomic E-state index is 0.297. The number of rotatable bonds is 4. The third-order valence-electron chi connectivity index (χ3n) is 2.70. The molecule has 21 heavy (non-hydrogen) atoms. The second-order valence-corrected chi connectivity index (χ2v) is 8.91. The largest absolute Gasteiger partial charge is 0.506 e. The number of phenols is 1. The van der Waals surface area contributed by atoms with E-state index in [9.17, 15) is 5.11 Å². The predicted molar refractivity (Wildman–Crippen MR) is 118 cm³/mol. The summed E-state index contributed by atoms with van der Waals surface area (Å²) in [6.07, 6.45) is 0.862. The van der Waals surface area contributed by atoms with Crippen molar-refractivity contribution in [3.8, 4) is 17.2 Å². The molecular formula is C14H11I4NO2. The summed E-state index contributed by atoms with van der Waals surface area (Å²) in [5, 5.41) is 9.82. The number of benzene rings is 2. The normalized spacial score (nSPS) is 10.7. The van der Waals surface area contributed by atoms with Crippen molar-refractivity contribution in [2.45, 2.75) is 6.42 Å². The molecule has 0 amide bonds. The number of nitrogens with two attached hydrogens (primary N) is 1. The van der Waals surface area contributed by atoms with Gasteiger partial charge in [-0.05, 0) is 133 Å². The van der Waals surface area contributed by atoms with Crippen molar-refractivity contribution in [2.75, 3.05) is 6.54 Å². The van der Waals surface area contributed by atoms with E-state index >= 15 is 0 Å². The maximum atomic E-state index is 9.82. The van der Waals surface area contributed by atoms with Gasteiger partial charge in [0.2, 0.25) is 0 Å². The molecule has 2 aromatic carbocycles. The van der Waals surface area contributed by atoms with Crippen LogP contribution in [-0.2, 0) is 6.42 Å². The van der Waals surface area contributed by atoms with Crippen LogP contribution in [0, 0.1) is 14.3 Å². The minimum absolute atomic E-state index is 0.297. The molecule has 0 heterocycles. The first-order chi connectivity index (χ1) is 9.92. The fourth-order valence-electron chi connectivity index (χ4n) is 1.74. The molecule has 0 bridgehead atoms. The van der Waals surface area contributed by atoms with Gasteiger partial charge in [-0.1, -0.05) is 0 Å². The zero-order chi connectivity index (χ0) is 15.6. The molecule has 0 aliphatic rings. The smallest absolute Gasteiger partial charge is 0.154 e. The average molecular weight is 733 g/mol. The van der Waals surface area contributed by atoms with Crippen LogP contribution in [0.5, 0.6) is 17.2 Å². The van der Waals surface area contributed by atoms with Crippen molar-refractivity contribution < 1.29 is 9.84 Å². The van der Waals surface area contributed by atoms with Crippen LogP contribution in [0.4, 0.5) is 0 Å². The van der Waals surface area contributed by atoms with E-state index in [-0.39, 0.29) is 0 Å². The SMILES string of the molecule is NCCc1cc(I)c(Oc2cc(I)c(O)c(I)c2)c(I)c1. The molecule has 0 unspecified atom stereocenters. The molecule has 2 aromatic rings. The highest BCUT2D eigenvalue weighted by Gasteiger charge is 2.12. The number of hydrogen-bond donors (Lipinski definition) is 2. The van der Waals surface area contributed by atoms with Gasteiger partial charge in [-0.3, -0.25) is 0 Å². The molecule has 7 heteroatoms. The first-order valence-electron chi connectivity index (χ1n) is 5.96. The Bertz CT molecular complexity index is 630. The van der Waals surface area contributed by atoms with Gasteiger partial charge < -0.3 is 15.6 Å². The number of hydrogen-bond acceptors (Lipinski definition) is 3. The summed E-state index contributed by atoms with van der Waals surface area (Å²) >= 11 is 8.76.